The van der Waals surface area contributed by atoms with Crippen LogP contribution in [0.15, 0.2) is 0 Å². The van der Waals surface area contributed by atoms with Crippen LogP contribution in [0.25, 0.3) is 0 Å². The molecule has 1 fully saturated rings. The summed E-state index contributed by atoms with van der Waals surface area (Å²) in [4.78, 5) is 6.42. The first-order valence-electron chi connectivity index (χ1n) is 5.44. The van der Waals surface area contributed by atoms with Crippen LogP contribution in [0.1, 0.15) is 17.7 Å². The van der Waals surface area contributed by atoms with E-state index in [1.165, 1.54) is 11.3 Å². The summed E-state index contributed by atoms with van der Waals surface area (Å²) >= 11 is 12.8. The molecule has 1 aliphatic rings. The van der Waals surface area contributed by atoms with Crippen molar-refractivity contribution in [3.05, 3.63) is 10.0 Å². The lowest BCUT2D eigenvalue weighted by atomic mass is 9.98. The molecule has 2 heterocycles. The molecule has 2 rings (SSSR count). The molecule has 1 aromatic heterocycles. The Labute approximate surface area is 117 Å². The Balaban J connectivity index is 2.13. The molecular formula is C10H11Cl2F3N2S. The van der Waals surface area contributed by atoms with E-state index in [-0.39, 0.29) is 18.8 Å². The summed E-state index contributed by atoms with van der Waals surface area (Å²) in [5.41, 5.74) is 0. The van der Waals surface area contributed by atoms with E-state index < -0.39 is 12.1 Å². The van der Waals surface area contributed by atoms with Crippen molar-refractivity contribution in [3.63, 3.8) is 0 Å². The van der Waals surface area contributed by atoms with Crippen LogP contribution in [0.2, 0.25) is 5.15 Å². The summed E-state index contributed by atoms with van der Waals surface area (Å²) in [6, 6.07) is 0. The van der Waals surface area contributed by atoms with Crippen LogP contribution in [0.4, 0.5) is 18.3 Å². The number of anilines is 1. The van der Waals surface area contributed by atoms with Gasteiger partial charge in [0.05, 0.1) is 16.7 Å². The van der Waals surface area contributed by atoms with Crippen LogP contribution in [0.5, 0.6) is 0 Å². The Morgan fingerprint density at radius 2 is 2.17 bits per heavy atom. The minimum Gasteiger partial charge on any atom is -0.347 e. The van der Waals surface area contributed by atoms with Crippen LogP contribution >= 0.6 is 34.5 Å². The summed E-state index contributed by atoms with van der Waals surface area (Å²) in [5, 5.41) is 0.823. The van der Waals surface area contributed by atoms with Crippen LogP contribution < -0.4 is 4.90 Å². The Morgan fingerprint density at radius 1 is 1.44 bits per heavy atom. The molecule has 0 amide bonds. The van der Waals surface area contributed by atoms with Gasteiger partial charge in [0.15, 0.2) is 5.13 Å². The molecule has 1 aromatic rings. The summed E-state index contributed by atoms with van der Waals surface area (Å²) in [5.74, 6) is -1.05. The highest BCUT2D eigenvalue weighted by molar-refractivity contribution is 7.16. The van der Waals surface area contributed by atoms with E-state index in [1.54, 1.807) is 4.90 Å². The molecule has 0 spiro atoms. The number of piperidine rings is 1. The van der Waals surface area contributed by atoms with Crippen molar-refractivity contribution in [2.45, 2.75) is 24.9 Å². The highest BCUT2D eigenvalue weighted by Crippen LogP contribution is 2.37. The zero-order valence-corrected chi connectivity index (χ0v) is 11.6. The molecule has 0 bridgehead atoms. The van der Waals surface area contributed by atoms with Crippen LogP contribution in [-0.2, 0) is 5.88 Å². The third-order valence-electron chi connectivity index (χ3n) is 2.91. The molecule has 0 aromatic carbocycles. The number of hydrogen-bond acceptors (Lipinski definition) is 3. The van der Waals surface area contributed by atoms with Gasteiger partial charge in [0.2, 0.25) is 0 Å². The van der Waals surface area contributed by atoms with Crippen LogP contribution in [-0.4, -0.2) is 24.2 Å². The van der Waals surface area contributed by atoms with E-state index in [1.807, 2.05) is 0 Å². The quantitative estimate of drug-likeness (QED) is 0.755. The fourth-order valence-corrected chi connectivity index (χ4v) is 3.47. The van der Waals surface area contributed by atoms with E-state index in [0.717, 1.165) is 0 Å². The van der Waals surface area contributed by atoms with Crippen molar-refractivity contribution in [2.24, 2.45) is 5.92 Å². The molecular weight excluding hydrogens is 308 g/mol. The largest absolute Gasteiger partial charge is 0.393 e. The lowest BCUT2D eigenvalue weighted by Crippen LogP contribution is -2.41. The fourth-order valence-electron chi connectivity index (χ4n) is 1.96. The van der Waals surface area contributed by atoms with Gasteiger partial charge in [0.1, 0.15) is 5.15 Å². The topological polar surface area (TPSA) is 16.1 Å². The van der Waals surface area contributed by atoms with E-state index >= 15 is 0 Å². The first-order valence-corrected chi connectivity index (χ1v) is 7.17. The van der Waals surface area contributed by atoms with E-state index in [4.69, 9.17) is 23.2 Å². The molecule has 0 radical (unpaired) electrons. The Morgan fingerprint density at radius 3 is 2.72 bits per heavy atom. The number of nitrogens with zero attached hydrogens (tertiary/aromatic N) is 2. The van der Waals surface area contributed by atoms with Gasteiger partial charge in [-0.05, 0) is 12.8 Å². The van der Waals surface area contributed by atoms with Gasteiger partial charge in [-0.2, -0.15) is 13.2 Å². The second-order valence-electron chi connectivity index (χ2n) is 4.17. The van der Waals surface area contributed by atoms with Gasteiger partial charge in [0, 0.05) is 13.1 Å². The van der Waals surface area contributed by atoms with Gasteiger partial charge in [-0.25, -0.2) is 4.98 Å². The number of rotatable bonds is 2. The van der Waals surface area contributed by atoms with Crippen molar-refractivity contribution in [1.29, 1.82) is 0 Å². The van der Waals surface area contributed by atoms with Gasteiger partial charge in [-0.15, -0.1) is 11.6 Å². The predicted molar refractivity (Wildman–Crippen MR) is 67.7 cm³/mol. The minimum absolute atomic E-state index is 0.0466. The van der Waals surface area contributed by atoms with E-state index in [0.29, 0.717) is 28.1 Å². The number of aromatic nitrogens is 1. The van der Waals surface area contributed by atoms with Crippen LogP contribution in [0, 0.1) is 5.92 Å². The Kier molecular flexibility index (Phi) is 4.29. The molecule has 0 saturated carbocycles. The van der Waals surface area contributed by atoms with Gasteiger partial charge in [-0.3, -0.25) is 0 Å². The number of thiazole rings is 1. The predicted octanol–water partition coefficient (Wildman–Crippen LogP) is 4.31. The second-order valence-corrected chi connectivity index (χ2v) is 5.86. The molecule has 8 heteroatoms. The smallest absolute Gasteiger partial charge is 0.347 e. The third-order valence-corrected chi connectivity index (χ3v) is 4.88. The van der Waals surface area contributed by atoms with Crippen molar-refractivity contribution < 1.29 is 13.2 Å². The SMILES string of the molecule is FC(F)(F)C1CCCN(c2nc(Cl)c(CCl)s2)C1. The molecule has 1 saturated heterocycles. The summed E-state index contributed by atoms with van der Waals surface area (Å²) in [6.07, 6.45) is -3.45. The van der Waals surface area contributed by atoms with Gasteiger partial charge in [-0.1, -0.05) is 22.9 Å². The zero-order chi connectivity index (χ0) is 13.3. The van der Waals surface area contributed by atoms with E-state index in [2.05, 4.69) is 4.98 Å². The molecule has 1 atom stereocenters. The zero-order valence-electron chi connectivity index (χ0n) is 9.31. The summed E-state index contributed by atoms with van der Waals surface area (Å²) < 4.78 is 38.1. The average Bonchev–Trinajstić information content (AvgIpc) is 2.70. The third kappa shape index (κ3) is 3.03. The Hall–Kier alpha value is -0.200. The normalized spacial score (nSPS) is 21.4. The molecule has 102 valence electrons. The van der Waals surface area contributed by atoms with Crippen molar-refractivity contribution >= 4 is 39.7 Å². The standard InChI is InChI=1S/C10H11Cl2F3N2S/c11-4-7-8(12)16-9(18-7)17-3-1-2-6(5-17)10(13,14)15/h6H,1-5H2. The molecule has 1 aliphatic heterocycles. The molecule has 1 unspecified atom stereocenters. The van der Waals surface area contributed by atoms with Gasteiger partial charge in [0.25, 0.3) is 0 Å². The fraction of sp³-hybridized carbons (Fsp3) is 0.700. The summed E-state index contributed by atoms with van der Waals surface area (Å²) in [6.45, 7) is 0.535. The maximum absolute atomic E-state index is 12.7. The lowest BCUT2D eigenvalue weighted by Gasteiger charge is -2.33. The van der Waals surface area contributed by atoms with Crippen LogP contribution in [0.3, 0.4) is 0 Å². The number of hydrogen-bond donors (Lipinski definition) is 0. The Bertz CT molecular complexity index is 422. The maximum atomic E-state index is 12.7. The average molecular weight is 319 g/mol. The van der Waals surface area contributed by atoms with E-state index in [9.17, 15) is 13.2 Å². The minimum atomic E-state index is -4.14. The first kappa shape index (κ1) is 14.2. The second kappa shape index (κ2) is 5.43. The summed E-state index contributed by atoms with van der Waals surface area (Å²) in [7, 11) is 0. The lowest BCUT2D eigenvalue weighted by molar-refractivity contribution is -0.175. The highest BCUT2D eigenvalue weighted by Gasteiger charge is 2.42. The molecule has 18 heavy (non-hydrogen) atoms. The first-order chi connectivity index (χ1) is 8.41. The molecule has 0 aliphatic carbocycles. The highest BCUT2D eigenvalue weighted by atomic mass is 35.5. The number of halogens is 5. The number of alkyl halides is 4. The monoisotopic (exact) mass is 318 g/mol. The van der Waals surface area contributed by atoms with Crippen molar-refractivity contribution in [3.8, 4) is 0 Å². The maximum Gasteiger partial charge on any atom is 0.393 e. The van der Waals surface area contributed by atoms with Gasteiger partial charge >= 0.3 is 6.18 Å². The van der Waals surface area contributed by atoms with Crippen molar-refractivity contribution in [2.75, 3.05) is 18.0 Å². The molecule has 2 nitrogen and oxygen atoms in total. The van der Waals surface area contributed by atoms with Crippen molar-refractivity contribution in [1.82, 2.24) is 4.98 Å². The van der Waals surface area contributed by atoms with Gasteiger partial charge < -0.3 is 4.90 Å². The molecule has 0 N–H and O–H groups in total.